The SMILES string of the molecule is NC(=O)CCC(N)C(=O)NC(Cc1c[nH]c2ccccc12)C(=O)NC(CCC(N)=O)C(=O)NC(Cc1cnc[nH]1)C(=O)O. The molecule has 0 radical (unpaired) electrons. The standard InChI is InChI=1S/C27H35N9O7/c28-17(5-7-22(29)37)24(39)35-20(9-14-11-32-18-4-2-1-3-16(14)18)26(41)34-19(6-8-23(30)38)25(40)36-21(27(42)43)10-15-12-31-13-33-15/h1-4,11-13,17,19-21,32H,5-10,28H2,(H2,29,37)(H2,30,38)(H,31,33)(H,34,41)(H,35,39)(H,36,40)(H,42,43). The van der Waals surface area contributed by atoms with E-state index in [1.165, 1.54) is 12.5 Å². The Morgan fingerprint density at radius 1 is 0.814 bits per heavy atom. The van der Waals surface area contributed by atoms with Crippen molar-refractivity contribution < 1.29 is 33.9 Å². The number of H-pyrrole nitrogens is 2. The van der Waals surface area contributed by atoms with E-state index in [1.807, 2.05) is 18.2 Å². The van der Waals surface area contributed by atoms with Crippen molar-refractivity contribution >= 4 is 46.4 Å². The molecule has 2 aromatic heterocycles. The van der Waals surface area contributed by atoms with Crippen molar-refractivity contribution in [3.63, 3.8) is 0 Å². The van der Waals surface area contributed by atoms with E-state index in [1.54, 1.807) is 12.3 Å². The molecule has 0 fully saturated rings. The lowest BCUT2D eigenvalue weighted by Crippen LogP contribution is -2.58. The smallest absolute Gasteiger partial charge is 0.326 e. The fourth-order valence-electron chi connectivity index (χ4n) is 4.35. The number of hydrogen-bond acceptors (Lipinski definition) is 8. The zero-order valence-electron chi connectivity index (χ0n) is 23.2. The number of nitrogens with one attached hydrogen (secondary N) is 5. The van der Waals surface area contributed by atoms with Crippen molar-refractivity contribution in [1.29, 1.82) is 0 Å². The van der Waals surface area contributed by atoms with Gasteiger partial charge in [-0.05, 0) is 24.5 Å². The topological polar surface area (TPSA) is 281 Å². The van der Waals surface area contributed by atoms with Gasteiger partial charge in [-0.25, -0.2) is 9.78 Å². The highest BCUT2D eigenvalue weighted by Crippen LogP contribution is 2.19. The van der Waals surface area contributed by atoms with E-state index in [9.17, 15) is 33.9 Å². The first-order chi connectivity index (χ1) is 20.4. The van der Waals surface area contributed by atoms with Gasteiger partial charge >= 0.3 is 5.97 Å². The van der Waals surface area contributed by atoms with Gasteiger partial charge < -0.3 is 48.2 Å². The van der Waals surface area contributed by atoms with Crippen molar-refractivity contribution in [2.75, 3.05) is 0 Å². The summed E-state index contributed by atoms with van der Waals surface area (Å²) in [5.74, 6) is -5.14. The molecule has 3 aromatic rings. The summed E-state index contributed by atoms with van der Waals surface area (Å²) in [6.07, 6.45) is 3.55. The van der Waals surface area contributed by atoms with Gasteiger partial charge in [0.1, 0.15) is 18.1 Å². The molecule has 0 bridgehead atoms. The zero-order chi connectivity index (χ0) is 31.5. The third kappa shape index (κ3) is 9.67. The molecular weight excluding hydrogens is 562 g/mol. The maximum absolute atomic E-state index is 13.6. The number of carbonyl (C=O) groups excluding carboxylic acids is 5. The van der Waals surface area contributed by atoms with Crippen LogP contribution in [0.4, 0.5) is 0 Å². The second kappa shape index (κ2) is 15.1. The number of benzene rings is 1. The quantitative estimate of drug-likeness (QED) is 0.0836. The average molecular weight is 598 g/mol. The van der Waals surface area contributed by atoms with Crippen LogP contribution in [0.2, 0.25) is 0 Å². The molecule has 0 aliphatic carbocycles. The number of nitrogens with two attached hydrogens (primary N) is 3. The van der Waals surface area contributed by atoms with Crippen LogP contribution in [0, 0.1) is 0 Å². The Bertz CT molecular complexity index is 1450. The number of carbonyl (C=O) groups is 6. The predicted molar refractivity (Wildman–Crippen MR) is 153 cm³/mol. The van der Waals surface area contributed by atoms with Crippen LogP contribution in [0.15, 0.2) is 43.0 Å². The van der Waals surface area contributed by atoms with E-state index in [0.717, 1.165) is 10.9 Å². The molecule has 12 N–H and O–H groups in total. The minimum absolute atomic E-state index is 0.0220. The summed E-state index contributed by atoms with van der Waals surface area (Å²) in [6, 6.07) is 2.11. The molecule has 3 rings (SSSR count). The van der Waals surface area contributed by atoms with Gasteiger partial charge in [0.15, 0.2) is 0 Å². The van der Waals surface area contributed by atoms with Crippen LogP contribution >= 0.6 is 0 Å². The number of rotatable bonds is 17. The van der Waals surface area contributed by atoms with Gasteiger partial charge in [0.05, 0.1) is 12.4 Å². The van der Waals surface area contributed by atoms with Gasteiger partial charge in [0, 0.05) is 54.7 Å². The van der Waals surface area contributed by atoms with Gasteiger partial charge in [0.25, 0.3) is 0 Å². The molecule has 230 valence electrons. The molecule has 0 saturated carbocycles. The Balaban J connectivity index is 1.82. The summed E-state index contributed by atoms with van der Waals surface area (Å²) in [4.78, 5) is 83.8. The average Bonchev–Trinajstić information content (AvgIpc) is 3.62. The molecule has 16 nitrogen and oxygen atoms in total. The molecule has 0 saturated heterocycles. The molecule has 1 aromatic carbocycles. The fourth-order valence-corrected chi connectivity index (χ4v) is 4.35. The normalized spacial score (nSPS) is 13.8. The Hall–Kier alpha value is -5.25. The number of para-hydroxylation sites is 1. The number of primary amides is 2. The van der Waals surface area contributed by atoms with Crippen molar-refractivity contribution in [3.05, 3.63) is 54.2 Å². The Morgan fingerprint density at radius 3 is 2.09 bits per heavy atom. The molecule has 43 heavy (non-hydrogen) atoms. The predicted octanol–water partition coefficient (Wildman–Crippen LogP) is -1.93. The lowest BCUT2D eigenvalue weighted by Gasteiger charge is -2.25. The van der Waals surface area contributed by atoms with Gasteiger partial charge in [0.2, 0.25) is 29.5 Å². The van der Waals surface area contributed by atoms with Crippen LogP contribution in [0.3, 0.4) is 0 Å². The lowest BCUT2D eigenvalue weighted by atomic mass is 10.0. The van der Waals surface area contributed by atoms with Crippen LogP contribution in [-0.4, -0.2) is 79.7 Å². The largest absolute Gasteiger partial charge is 0.480 e. The second-order valence-corrected chi connectivity index (χ2v) is 9.98. The maximum atomic E-state index is 13.6. The number of nitrogens with zero attached hydrogens (tertiary/aromatic N) is 1. The molecule has 0 spiro atoms. The van der Waals surface area contributed by atoms with Crippen LogP contribution in [-0.2, 0) is 41.6 Å². The maximum Gasteiger partial charge on any atom is 0.326 e. The minimum atomic E-state index is -1.38. The first kappa shape index (κ1) is 32.3. The minimum Gasteiger partial charge on any atom is -0.480 e. The summed E-state index contributed by atoms with van der Waals surface area (Å²) < 4.78 is 0. The lowest BCUT2D eigenvalue weighted by molar-refractivity contribution is -0.142. The van der Waals surface area contributed by atoms with Crippen molar-refractivity contribution in [2.24, 2.45) is 17.2 Å². The number of amides is 5. The van der Waals surface area contributed by atoms with E-state index < -0.39 is 59.7 Å². The number of carboxylic acid groups (broad SMARTS) is 1. The van der Waals surface area contributed by atoms with E-state index >= 15 is 0 Å². The highest BCUT2D eigenvalue weighted by molar-refractivity contribution is 5.95. The Labute approximate surface area is 245 Å². The number of imidazole rings is 1. The van der Waals surface area contributed by atoms with Crippen LogP contribution in [0.5, 0.6) is 0 Å². The summed E-state index contributed by atoms with van der Waals surface area (Å²) in [7, 11) is 0. The van der Waals surface area contributed by atoms with Gasteiger partial charge in [-0.1, -0.05) is 18.2 Å². The number of fused-ring (bicyclic) bond motifs is 1. The molecule has 4 atom stereocenters. The molecule has 4 unspecified atom stereocenters. The fraction of sp³-hybridized carbons (Fsp3) is 0.370. The van der Waals surface area contributed by atoms with E-state index in [2.05, 4.69) is 30.9 Å². The monoisotopic (exact) mass is 597 g/mol. The van der Waals surface area contributed by atoms with Crippen LogP contribution in [0.25, 0.3) is 10.9 Å². The summed E-state index contributed by atoms with van der Waals surface area (Å²) in [5, 5.41) is 17.9. The summed E-state index contributed by atoms with van der Waals surface area (Å²) in [5.41, 5.74) is 18.2. The zero-order valence-corrected chi connectivity index (χ0v) is 23.2. The highest BCUT2D eigenvalue weighted by Gasteiger charge is 2.31. The summed E-state index contributed by atoms with van der Waals surface area (Å²) in [6.45, 7) is 0. The van der Waals surface area contributed by atoms with Gasteiger partial charge in [-0.15, -0.1) is 0 Å². The van der Waals surface area contributed by atoms with E-state index in [0.29, 0.717) is 11.3 Å². The van der Waals surface area contributed by atoms with Crippen LogP contribution < -0.4 is 33.2 Å². The van der Waals surface area contributed by atoms with Gasteiger partial charge in [-0.2, -0.15) is 0 Å². The molecule has 2 heterocycles. The third-order valence-electron chi connectivity index (χ3n) is 6.68. The molecule has 5 amide bonds. The van der Waals surface area contributed by atoms with E-state index in [4.69, 9.17) is 17.2 Å². The highest BCUT2D eigenvalue weighted by atomic mass is 16.4. The second-order valence-electron chi connectivity index (χ2n) is 9.98. The van der Waals surface area contributed by atoms with Crippen LogP contribution in [0.1, 0.15) is 36.9 Å². The molecule has 0 aliphatic heterocycles. The van der Waals surface area contributed by atoms with Crippen molar-refractivity contribution in [2.45, 2.75) is 62.7 Å². The number of aromatic nitrogens is 3. The number of aromatic amines is 2. The van der Waals surface area contributed by atoms with Crippen molar-refractivity contribution in [3.8, 4) is 0 Å². The van der Waals surface area contributed by atoms with Gasteiger partial charge in [-0.3, -0.25) is 24.0 Å². The number of aliphatic carboxylic acids is 1. The molecule has 0 aliphatic rings. The third-order valence-corrected chi connectivity index (χ3v) is 6.68. The molecule has 16 heteroatoms. The number of hydrogen-bond donors (Lipinski definition) is 9. The van der Waals surface area contributed by atoms with E-state index in [-0.39, 0.29) is 38.5 Å². The Kier molecular flexibility index (Phi) is 11.3. The number of carboxylic acids is 1. The first-order valence-corrected chi connectivity index (χ1v) is 13.4. The summed E-state index contributed by atoms with van der Waals surface area (Å²) >= 11 is 0. The first-order valence-electron chi connectivity index (χ1n) is 13.4. The molecular formula is C27H35N9O7. The van der Waals surface area contributed by atoms with Crippen molar-refractivity contribution in [1.82, 2.24) is 30.9 Å². The Morgan fingerprint density at radius 2 is 1.44 bits per heavy atom.